The zero-order valence-corrected chi connectivity index (χ0v) is 6.39. The van der Waals surface area contributed by atoms with Crippen LogP contribution in [0.15, 0.2) is 29.2 Å². The Hall–Kier alpha value is -0.830. The highest BCUT2D eigenvalue weighted by Gasteiger charge is 1.94. The van der Waals surface area contributed by atoms with E-state index in [1.807, 2.05) is 0 Å². The minimum atomic E-state index is -0.948. The first-order valence-electron chi connectivity index (χ1n) is 2.82. The van der Waals surface area contributed by atoms with Crippen molar-refractivity contribution in [3.8, 4) is 5.75 Å². The third-order valence-corrected chi connectivity index (χ3v) is 2.10. The third-order valence-electron chi connectivity index (χ3n) is 1.17. The van der Waals surface area contributed by atoms with E-state index in [1.54, 1.807) is 18.4 Å². The molecule has 1 rings (SSSR count). The van der Waals surface area contributed by atoms with Crippen LogP contribution >= 0.6 is 0 Å². The lowest BCUT2D eigenvalue weighted by Gasteiger charge is -1.94. The summed E-state index contributed by atoms with van der Waals surface area (Å²) in [4.78, 5) is 0.734. The number of phenols is 1. The summed E-state index contributed by atoms with van der Waals surface area (Å²) in [6.45, 7) is 0. The molecule has 0 fully saturated rings. The van der Waals surface area contributed by atoms with Crippen LogP contribution in [0.5, 0.6) is 5.75 Å². The number of phenolic OH excluding ortho intramolecular Hbond substituents is 1. The standard InChI is InChI=1S/C7H8O2S/c1-10(9)7-4-2-6(8)3-5-7/h2-5,8H,1H3/t10-/m0/s1. The van der Waals surface area contributed by atoms with E-state index in [0.29, 0.717) is 0 Å². The van der Waals surface area contributed by atoms with Crippen molar-refractivity contribution in [1.29, 1.82) is 0 Å². The Morgan fingerprint density at radius 1 is 1.30 bits per heavy atom. The lowest BCUT2D eigenvalue weighted by atomic mass is 10.3. The van der Waals surface area contributed by atoms with Crippen LogP contribution in [-0.4, -0.2) is 15.6 Å². The highest BCUT2D eigenvalue weighted by Crippen LogP contribution is 2.11. The van der Waals surface area contributed by atoms with Crippen molar-refractivity contribution in [1.82, 2.24) is 0 Å². The van der Waals surface area contributed by atoms with Crippen molar-refractivity contribution >= 4 is 10.8 Å². The molecule has 2 nitrogen and oxygen atoms in total. The van der Waals surface area contributed by atoms with Crippen LogP contribution in [0.2, 0.25) is 0 Å². The van der Waals surface area contributed by atoms with Gasteiger partial charge in [-0.25, -0.2) is 0 Å². The molecule has 1 aromatic rings. The predicted octanol–water partition coefficient (Wildman–Crippen LogP) is 1.13. The van der Waals surface area contributed by atoms with Crippen LogP contribution in [0.3, 0.4) is 0 Å². The lowest BCUT2D eigenvalue weighted by molar-refractivity contribution is 0.475. The van der Waals surface area contributed by atoms with E-state index in [2.05, 4.69) is 0 Å². The van der Waals surface area contributed by atoms with Gasteiger partial charge in [0.1, 0.15) is 5.75 Å². The predicted molar refractivity (Wildman–Crippen MR) is 40.4 cm³/mol. The summed E-state index contributed by atoms with van der Waals surface area (Å²) in [5.41, 5.74) is 0. The second-order valence-corrected chi connectivity index (χ2v) is 3.33. The van der Waals surface area contributed by atoms with Crippen molar-refractivity contribution in [2.45, 2.75) is 4.90 Å². The first-order valence-corrected chi connectivity index (χ1v) is 4.38. The molecular weight excluding hydrogens is 148 g/mol. The van der Waals surface area contributed by atoms with Gasteiger partial charge < -0.3 is 5.11 Å². The van der Waals surface area contributed by atoms with E-state index >= 15 is 0 Å². The Labute approximate surface area is 62.0 Å². The summed E-state index contributed by atoms with van der Waals surface area (Å²) >= 11 is 0. The first kappa shape index (κ1) is 7.28. The Balaban J connectivity index is 3.00. The van der Waals surface area contributed by atoms with E-state index in [1.165, 1.54) is 12.1 Å². The fourth-order valence-corrected chi connectivity index (χ4v) is 1.16. The summed E-state index contributed by atoms with van der Waals surface area (Å²) in [5.74, 6) is 0.203. The Morgan fingerprint density at radius 2 is 1.80 bits per heavy atom. The van der Waals surface area contributed by atoms with Crippen molar-refractivity contribution in [2.24, 2.45) is 0 Å². The Bertz CT molecular complexity index is 240. The molecule has 1 aromatic carbocycles. The highest BCUT2D eigenvalue weighted by atomic mass is 32.2. The van der Waals surface area contributed by atoms with Crippen LogP contribution in [0, 0.1) is 0 Å². The van der Waals surface area contributed by atoms with Gasteiger partial charge in [-0.05, 0) is 24.3 Å². The van der Waals surface area contributed by atoms with Gasteiger partial charge in [0.05, 0.1) is 0 Å². The molecule has 54 valence electrons. The van der Waals surface area contributed by atoms with Crippen LogP contribution < -0.4 is 0 Å². The maximum atomic E-state index is 10.8. The molecule has 1 atom stereocenters. The fraction of sp³-hybridized carbons (Fsp3) is 0.143. The topological polar surface area (TPSA) is 37.3 Å². The SMILES string of the molecule is C[S@](=O)c1ccc(O)cc1. The van der Waals surface area contributed by atoms with E-state index < -0.39 is 10.8 Å². The van der Waals surface area contributed by atoms with Gasteiger partial charge in [0.2, 0.25) is 0 Å². The highest BCUT2D eigenvalue weighted by molar-refractivity contribution is 7.84. The van der Waals surface area contributed by atoms with Crippen molar-refractivity contribution in [2.75, 3.05) is 6.26 Å². The van der Waals surface area contributed by atoms with Gasteiger partial charge in [0.15, 0.2) is 0 Å². The van der Waals surface area contributed by atoms with Crippen LogP contribution in [0.4, 0.5) is 0 Å². The number of rotatable bonds is 1. The van der Waals surface area contributed by atoms with Gasteiger partial charge in [0, 0.05) is 22.0 Å². The molecule has 0 saturated carbocycles. The van der Waals surface area contributed by atoms with Crippen molar-refractivity contribution in [3.05, 3.63) is 24.3 Å². The molecule has 0 aliphatic carbocycles. The van der Waals surface area contributed by atoms with E-state index in [4.69, 9.17) is 5.11 Å². The van der Waals surface area contributed by atoms with Gasteiger partial charge >= 0.3 is 0 Å². The summed E-state index contributed by atoms with van der Waals surface area (Å²) in [6.07, 6.45) is 1.60. The smallest absolute Gasteiger partial charge is 0.115 e. The zero-order chi connectivity index (χ0) is 7.56. The lowest BCUT2D eigenvalue weighted by Crippen LogP contribution is -1.84. The number of hydrogen-bond donors (Lipinski definition) is 1. The van der Waals surface area contributed by atoms with Crippen LogP contribution in [-0.2, 0) is 10.8 Å². The molecule has 0 unspecified atom stereocenters. The monoisotopic (exact) mass is 156 g/mol. The maximum absolute atomic E-state index is 10.8. The zero-order valence-electron chi connectivity index (χ0n) is 5.57. The van der Waals surface area contributed by atoms with E-state index in [9.17, 15) is 4.21 Å². The number of aromatic hydroxyl groups is 1. The molecule has 3 heteroatoms. The quantitative estimate of drug-likeness (QED) is 0.661. The van der Waals surface area contributed by atoms with Crippen LogP contribution in [0.1, 0.15) is 0 Å². The molecule has 0 saturated heterocycles. The third kappa shape index (κ3) is 1.57. The second-order valence-electron chi connectivity index (χ2n) is 1.95. The molecular formula is C7H8O2S. The van der Waals surface area contributed by atoms with Crippen LogP contribution in [0.25, 0.3) is 0 Å². The summed E-state index contributed by atoms with van der Waals surface area (Å²) in [6, 6.07) is 6.34. The second kappa shape index (κ2) is 2.84. The van der Waals surface area contributed by atoms with Gasteiger partial charge in [-0.2, -0.15) is 0 Å². The number of hydrogen-bond acceptors (Lipinski definition) is 2. The average Bonchev–Trinajstić information content (AvgIpc) is 1.88. The molecule has 0 radical (unpaired) electrons. The molecule has 1 N–H and O–H groups in total. The molecule has 0 aliphatic heterocycles. The Kier molecular flexibility index (Phi) is 2.06. The molecule has 10 heavy (non-hydrogen) atoms. The molecule has 0 heterocycles. The van der Waals surface area contributed by atoms with Gasteiger partial charge in [-0.1, -0.05) is 0 Å². The van der Waals surface area contributed by atoms with Gasteiger partial charge in [-0.3, -0.25) is 4.21 Å². The van der Waals surface area contributed by atoms with Crippen molar-refractivity contribution < 1.29 is 9.32 Å². The molecule has 0 bridgehead atoms. The molecule has 0 aromatic heterocycles. The summed E-state index contributed by atoms with van der Waals surface area (Å²) in [5, 5.41) is 8.84. The average molecular weight is 156 g/mol. The summed E-state index contributed by atoms with van der Waals surface area (Å²) < 4.78 is 10.8. The number of benzene rings is 1. The van der Waals surface area contributed by atoms with E-state index in [0.717, 1.165) is 4.90 Å². The molecule has 0 aliphatic rings. The minimum absolute atomic E-state index is 0.203. The largest absolute Gasteiger partial charge is 0.508 e. The fourth-order valence-electron chi connectivity index (χ4n) is 0.638. The Morgan fingerprint density at radius 3 is 2.20 bits per heavy atom. The minimum Gasteiger partial charge on any atom is -0.508 e. The van der Waals surface area contributed by atoms with Gasteiger partial charge in [-0.15, -0.1) is 0 Å². The normalized spacial score (nSPS) is 12.9. The molecule has 0 spiro atoms. The maximum Gasteiger partial charge on any atom is 0.115 e. The van der Waals surface area contributed by atoms with E-state index in [-0.39, 0.29) is 5.75 Å². The molecule has 0 amide bonds. The van der Waals surface area contributed by atoms with Gasteiger partial charge in [0.25, 0.3) is 0 Å². The first-order chi connectivity index (χ1) is 4.70. The summed E-state index contributed by atoms with van der Waals surface area (Å²) in [7, 11) is -0.948. The van der Waals surface area contributed by atoms with Crippen molar-refractivity contribution in [3.63, 3.8) is 0 Å².